The third kappa shape index (κ3) is 3.07. The highest BCUT2D eigenvalue weighted by Gasteiger charge is 2.21. The van der Waals surface area contributed by atoms with Crippen molar-refractivity contribution >= 4 is 5.78 Å². The number of Topliss-reactive ketones (excluding diaryl/α,β-unsaturated/α-hetero) is 1. The second-order valence-corrected chi connectivity index (χ2v) is 5.88. The Balaban J connectivity index is 1.77. The van der Waals surface area contributed by atoms with Crippen molar-refractivity contribution in [3.63, 3.8) is 0 Å². The first-order valence-electron chi connectivity index (χ1n) is 7.78. The topological polar surface area (TPSA) is 46.1 Å². The van der Waals surface area contributed by atoms with Gasteiger partial charge in [0.1, 0.15) is 0 Å². The van der Waals surface area contributed by atoms with Gasteiger partial charge in [-0.15, -0.1) is 0 Å². The Morgan fingerprint density at radius 2 is 1.95 bits per heavy atom. The maximum Gasteiger partial charge on any atom is 0.159 e. The molecule has 2 heterocycles. The van der Waals surface area contributed by atoms with Crippen LogP contribution < -0.4 is 0 Å². The van der Waals surface area contributed by atoms with E-state index in [1.807, 2.05) is 12.3 Å². The normalized spacial score (nSPS) is 16.6. The fourth-order valence-corrected chi connectivity index (χ4v) is 3.06. The summed E-state index contributed by atoms with van der Waals surface area (Å²) in [5.74, 6) is 0.136. The first kappa shape index (κ1) is 14.9. The second kappa shape index (κ2) is 6.36. The van der Waals surface area contributed by atoms with E-state index in [9.17, 15) is 4.79 Å². The smallest absolute Gasteiger partial charge is 0.159 e. The van der Waals surface area contributed by atoms with Gasteiger partial charge in [0.15, 0.2) is 5.78 Å². The van der Waals surface area contributed by atoms with E-state index in [0.29, 0.717) is 0 Å². The molecule has 22 heavy (non-hydrogen) atoms. The highest BCUT2D eigenvalue weighted by atomic mass is 16.1. The number of carbonyl (C=O) groups is 1. The van der Waals surface area contributed by atoms with Gasteiger partial charge in [-0.05, 0) is 43.9 Å². The fraction of sp³-hybridized carbons (Fsp3) is 0.389. The Bertz CT molecular complexity index is 669. The molecule has 0 spiro atoms. The number of hydrogen-bond acceptors (Lipinski definition) is 4. The van der Waals surface area contributed by atoms with Crippen LogP contribution in [0.5, 0.6) is 0 Å². The molecule has 0 radical (unpaired) electrons. The van der Waals surface area contributed by atoms with Crippen LogP contribution in [0.1, 0.15) is 47.1 Å². The Labute approximate surface area is 131 Å². The SMILES string of the molecule is CC(=O)c1ccc2c(c1)CCN([C@H](C)c1cnccn1)CC2. The van der Waals surface area contributed by atoms with Crippen molar-refractivity contribution in [1.82, 2.24) is 14.9 Å². The van der Waals surface area contributed by atoms with Crippen LogP contribution in [0.15, 0.2) is 36.8 Å². The molecule has 0 aliphatic carbocycles. The summed E-state index contributed by atoms with van der Waals surface area (Å²) >= 11 is 0. The lowest BCUT2D eigenvalue weighted by Gasteiger charge is -2.26. The molecule has 3 rings (SSSR count). The van der Waals surface area contributed by atoms with Crippen LogP contribution in [0.3, 0.4) is 0 Å². The molecule has 1 aromatic carbocycles. The van der Waals surface area contributed by atoms with Gasteiger partial charge in [0.05, 0.1) is 11.7 Å². The third-order valence-electron chi connectivity index (χ3n) is 4.51. The van der Waals surface area contributed by atoms with Crippen LogP contribution >= 0.6 is 0 Å². The van der Waals surface area contributed by atoms with Gasteiger partial charge in [0.2, 0.25) is 0 Å². The number of carbonyl (C=O) groups excluding carboxylic acids is 1. The summed E-state index contributed by atoms with van der Waals surface area (Å²) in [6, 6.07) is 6.38. The molecular formula is C18H21N3O. The number of fused-ring (bicyclic) bond motifs is 1. The van der Waals surface area contributed by atoms with E-state index in [2.05, 4.69) is 33.9 Å². The minimum Gasteiger partial charge on any atom is -0.295 e. The fourth-order valence-electron chi connectivity index (χ4n) is 3.06. The van der Waals surface area contributed by atoms with E-state index in [1.54, 1.807) is 19.3 Å². The molecule has 1 aromatic heterocycles. The molecule has 0 saturated heterocycles. The molecule has 0 unspecified atom stereocenters. The summed E-state index contributed by atoms with van der Waals surface area (Å²) in [5, 5.41) is 0. The number of nitrogens with zero attached hydrogens (tertiary/aromatic N) is 3. The Morgan fingerprint density at radius 3 is 2.64 bits per heavy atom. The van der Waals surface area contributed by atoms with Crippen molar-refractivity contribution in [2.75, 3.05) is 13.1 Å². The predicted octanol–water partition coefficient (Wildman–Crippen LogP) is 2.84. The molecule has 1 aliphatic heterocycles. The zero-order chi connectivity index (χ0) is 15.5. The quantitative estimate of drug-likeness (QED) is 0.817. The average Bonchev–Trinajstić information content (AvgIpc) is 2.77. The molecule has 4 nitrogen and oxygen atoms in total. The van der Waals surface area contributed by atoms with E-state index in [1.165, 1.54) is 11.1 Å². The van der Waals surface area contributed by atoms with Gasteiger partial charge in [-0.1, -0.05) is 12.1 Å². The average molecular weight is 295 g/mol. The van der Waals surface area contributed by atoms with Gasteiger partial charge in [-0.2, -0.15) is 0 Å². The van der Waals surface area contributed by atoms with Gasteiger partial charge in [-0.25, -0.2) is 0 Å². The Hall–Kier alpha value is -2.07. The lowest BCUT2D eigenvalue weighted by atomic mass is 9.99. The number of ketones is 1. The van der Waals surface area contributed by atoms with E-state index < -0.39 is 0 Å². The molecule has 0 N–H and O–H groups in total. The van der Waals surface area contributed by atoms with Gasteiger partial charge in [0, 0.05) is 37.2 Å². The summed E-state index contributed by atoms with van der Waals surface area (Å²) in [6.07, 6.45) is 7.28. The Morgan fingerprint density at radius 1 is 1.18 bits per heavy atom. The lowest BCUT2D eigenvalue weighted by molar-refractivity contribution is 0.101. The van der Waals surface area contributed by atoms with Crippen molar-refractivity contribution in [3.05, 3.63) is 59.2 Å². The number of aromatic nitrogens is 2. The van der Waals surface area contributed by atoms with Gasteiger partial charge in [-0.3, -0.25) is 19.7 Å². The standard InChI is InChI=1S/C18H21N3O/c1-13(18-12-19-7-8-20-18)21-9-5-15-3-4-16(14(2)22)11-17(15)6-10-21/h3-4,7-8,11-13H,5-6,9-10H2,1-2H3/t13-/m1/s1. The van der Waals surface area contributed by atoms with E-state index in [0.717, 1.165) is 37.2 Å². The highest BCUT2D eigenvalue weighted by molar-refractivity contribution is 5.94. The molecule has 4 heteroatoms. The lowest BCUT2D eigenvalue weighted by Crippen LogP contribution is -2.30. The summed E-state index contributed by atoms with van der Waals surface area (Å²) in [5.41, 5.74) is 4.49. The molecule has 1 aliphatic rings. The molecule has 0 saturated carbocycles. The van der Waals surface area contributed by atoms with Crippen LogP contribution in [0, 0.1) is 0 Å². The summed E-state index contributed by atoms with van der Waals surface area (Å²) < 4.78 is 0. The highest BCUT2D eigenvalue weighted by Crippen LogP contribution is 2.23. The van der Waals surface area contributed by atoms with Crippen LogP contribution in [-0.2, 0) is 12.8 Å². The number of hydrogen-bond donors (Lipinski definition) is 0. The molecule has 0 amide bonds. The maximum absolute atomic E-state index is 11.5. The molecule has 0 bridgehead atoms. The second-order valence-electron chi connectivity index (χ2n) is 5.88. The molecule has 2 aromatic rings. The zero-order valence-electron chi connectivity index (χ0n) is 13.1. The van der Waals surface area contributed by atoms with Crippen molar-refractivity contribution in [2.45, 2.75) is 32.7 Å². The first-order chi connectivity index (χ1) is 10.6. The van der Waals surface area contributed by atoms with Gasteiger partial charge >= 0.3 is 0 Å². The van der Waals surface area contributed by atoms with Crippen molar-refractivity contribution in [3.8, 4) is 0 Å². The predicted molar refractivity (Wildman–Crippen MR) is 85.9 cm³/mol. The number of rotatable bonds is 3. The summed E-state index contributed by atoms with van der Waals surface area (Å²) in [4.78, 5) is 22.6. The third-order valence-corrected chi connectivity index (χ3v) is 4.51. The molecule has 0 fully saturated rings. The minimum atomic E-state index is 0.136. The molecule has 1 atom stereocenters. The van der Waals surface area contributed by atoms with Crippen LogP contribution in [0.25, 0.3) is 0 Å². The molecular weight excluding hydrogens is 274 g/mol. The maximum atomic E-state index is 11.5. The van der Waals surface area contributed by atoms with E-state index >= 15 is 0 Å². The largest absolute Gasteiger partial charge is 0.295 e. The number of benzene rings is 1. The van der Waals surface area contributed by atoms with E-state index in [4.69, 9.17) is 0 Å². The Kier molecular flexibility index (Phi) is 4.29. The van der Waals surface area contributed by atoms with Gasteiger partial charge < -0.3 is 0 Å². The monoisotopic (exact) mass is 295 g/mol. The van der Waals surface area contributed by atoms with E-state index in [-0.39, 0.29) is 11.8 Å². The van der Waals surface area contributed by atoms with Crippen LogP contribution in [0.2, 0.25) is 0 Å². The van der Waals surface area contributed by atoms with Crippen molar-refractivity contribution in [1.29, 1.82) is 0 Å². The van der Waals surface area contributed by atoms with Crippen molar-refractivity contribution < 1.29 is 4.79 Å². The first-order valence-corrected chi connectivity index (χ1v) is 7.78. The molecule has 114 valence electrons. The summed E-state index contributed by atoms with van der Waals surface area (Å²) in [7, 11) is 0. The zero-order valence-corrected chi connectivity index (χ0v) is 13.1. The van der Waals surface area contributed by atoms with Crippen LogP contribution in [-0.4, -0.2) is 33.7 Å². The van der Waals surface area contributed by atoms with Gasteiger partial charge in [0.25, 0.3) is 0 Å². The summed E-state index contributed by atoms with van der Waals surface area (Å²) in [6.45, 7) is 5.79. The van der Waals surface area contributed by atoms with Crippen LogP contribution in [0.4, 0.5) is 0 Å². The minimum absolute atomic E-state index is 0.136. The van der Waals surface area contributed by atoms with Crippen molar-refractivity contribution in [2.24, 2.45) is 0 Å².